The maximum absolute atomic E-state index is 12.6. The van der Waals surface area contributed by atoms with Crippen LogP contribution in [0, 0.1) is 12.8 Å². The zero-order valence-electron chi connectivity index (χ0n) is 14.8. The number of hydrogen-bond acceptors (Lipinski definition) is 5. The van der Waals surface area contributed by atoms with Crippen LogP contribution in [0.2, 0.25) is 0 Å². The van der Waals surface area contributed by atoms with Crippen LogP contribution >= 0.6 is 0 Å². The molecule has 0 spiro atoms. The third-order valence-corrected chi connectivity index (χ3v) is 4.47. The Morgan fingerprint density at radius 2 is 2.00 bits per heavy atom. The molecule has 2 amide bonds. The summed E-state index contributed by atoms with van der Waals surface area (Å²) in [6, 6.07) is 16.6. The Kier molecular flexibility index (Phi) is 4.42. The van der Waals surface area contributed by atoms with Gasteiger partial charge in [0.15, 0.2) is 5.82 Å². The quantitative estimate of drug-likeness (QED) is 0.771. The molecule has 1 fully saturated rings. The van der Waals surface area contributed by atoms with Crippen LogP contribution in [0.15, 0.2) is 59.1 Å². The fourth-order valence-corrected chi connectivity index (χ4v) is 3.13. The second-order valence-electron chi connectivity index (χ2n) is 6.46. The molecule has 0 bridgehead atoms. The summed E-state index contributed by atoms with van der Waals surface area (Å²) in [7, 11) is 0. The smallest absolute Gasteiger partial charge is 0.257 e. The van der Waals surface area contributed by atoms with Crippen molar-refractivity contribution in [1.82, 2.24) is 10.1 Å². The van der Waals surface area contributed by atoms with Crippen LogP contribution in [-0.2, 0) is 9.59 Å². The van der Waals surface area contributed by atoms with E-state index in [0.29, 0.717) is 23.9 Å². The molecule has 7 heteroatoms. The van der Waals surface area contributed by atoms with Gasteiger partial charge in [0.2, 0.25) is 11.8 Å². The predicted octanol–water partition coefficient (Wildman–Crippen LogP) is 3.04. The van der Waals surface area contributed by atoms with Crippen molar-refractivity contribution in [2.45, 2.75) is 13.3 Å². The van der Waals surface area contributed by atoms with Crippen LogP contribution in [0.1, 0.15) is 12.2 Å². The van der Waals surface area contributed by atoms with Gasteiger partial charge < -0.3 is 14.7 Å². The number of carbonyl (C=O) groups excluding carboxylic acids is 2. The molecule has 0 radical (unpaired) electrons. The molecule has 1 saturated heterocycles. The van der Waals surface area contributed by atoms with E-state index >= 15 is 0 Å². The Bertz CT molecular complexity index is 984. The molecular weight excluding hydrogens is 344 g/mol. The van der Waals surface area contributed by atoms with Crippen molar-refractivity contribution in [3.05, 3.63) is 60.4 Å². The molecule has 0 aliphatic carbocycles. The average molecular weight is 362 g/mol. The van der Waals surface area contributed by atoms with Gasteiger partial charge in [0.1, 0.15) is 0 Å². The molecule has 7 nitrogen and oxygen atoms in total. The maximum atomic E-state index is 12.6. The largest absolute Gasteiger partial charge is 0.334 e. The summed E-state index contributed by atoms with van der Waals surface area (Å²) in [4.78, 5) is 30.8. The van der Waals surface area contributed by atoms with Gasteiger partial charge in [-0.3, -0.25) is 9.59 Å². The van der Waals surface area contributed by atoms with E-state index in [0.717, 1.165) is 11.3 Å². The predicted molar refractivity (Wildman–Crippen MR) is 100 cm³/mol. The average Bonchev–Trinajstić information content (AvgIpc) is 3.29. The molecule has 1 aliphatic rings. The lowest BCUT2D eigenvalue weighted by Gasteiger charge is -2.16. The standard InChI is InChI=1S/C20H18N4O3/c1-13-21-20(27-23-13)14-6-5-7-16(10-14)22-19(26)15-11-18(25)24(12-15)17-8-3-2-4-9-17/h2-10,15H,11-12H2,1H3,(H,22,26)/t15-/m0/s1. The summed E-state index contributed by atoms with van der Waals surface area (Å²) in [5.74, 6) is 0.323. The maximum Gasteiger partial charge on any atom is 0.257 e. The number of nitrogens with zero attached hydrogens (tertiary/aromatic N) is 3. The van der Waals surface area contributed by atoms with E-state index in [2.05, 4.69) is 15.5 Å². The Morgan fingerprint density at radius 3 is 2.74 bits per heavy atom. The topological polar surface area (TPSA) is 88.3 Å². The first-order valence-corrected chi connectivity index (χ1v) is 8.67. The summed E-state index contributed by atoms with van der Waals surface area (Å²) < 4.78 is 5.16. The first-order chi connectivity index (χ1) is 13.1. The van der Waals surface area contributed by atoms with Crippen molar-refractivity contribution >= 4 is 23.2 Å². The van der Waals surface area contributed by atoms with Gasteiger partial charge in [0, 0.05) is 29.9 Å². The highest BCUT2D eigenvalue weighted by atomic mass is 16.5. The second-order valence-corrected chi connectivity index (χ2v) is 6.46. The van der Waals surface area contributed by atoms with Gasteiger partial charge >= 0.3 is 0 Å². The lowest BCUT2D eigenvalue weighted by molar-refractivity contribution is -0.122. The minimum atomic E-state index is -0.396. The zero-order valence-corrected chi connectivity index (χ0v) is 14.8. The normalized spacial score (nSPS) is 16.6. The molecule has 0 saturated carbocycles. The minimum Gasteiger partial charge on any atom is -0.334 e. The Morgan fingerprint density at radius 1 is 1.19 bits per heavy atom. The molecule has 3 aromatic rings. The summed E-state index contributed by atoms with van der Waals surface area (Å²) in [6.07, 6.45) is 0.198. The molecule has 1 aliphatic heterocycles. The van der Waals surface area contributed by atoms with E-state index in [1.165, 1.54) is 0 Å². The van der Waals surface area contributed by atoms with E-state index in [4.69, 9.17) is 4.52 Å². The Balaban J connectivity index is 1.46. The van der Waals surface area contributed by atoms with Crippen LogP contribution in [0.5, 0.6) is 0 Å². The molecule has 0 unspecified atom stereocenters. The number of amides is 2. The van der Waals surface area contributed by atoms with Crippen molar-refractivity contribution in [2.24, 2.45) is 5.92 Å². The molecule has 4 rings (SSSR count). The van der Waals surface area contributed by atoms with Gasteiger partial charge in [-0.2, -0.15) is 4.98 Å². The Hall–Kier alpha value is -3.48. The third-order valence-electron chi connectivity index (χ3n) is 4.47. The van der Waals surface area contributed by atoms with Crippen LogP contribution in [0.3, 0.4) is 0 Å². The van der Waals surface area contributed by atoms with Gasteiger partial charge in [-0.05, 0) is 37.3 Å². The van der Waals surface area contributed by atoms with Crippen LogP contribution in [0.25, 0.3) is 11.5 Å². The fraction of sp³-hybridized carbons (Fsp3) is 0.200. The number of para-hydroxylation sites is 1. The summed E-state index contributed by atoms with van der Waals surface area (Å²) in [5.41, 5.74) is 2.16. The zero-order chi connectivity index (χ0) is 18.8. The highest BCUT2D eigenvalue weighted by molar-refractivity contribution is 6.03. The minimum absolute atomic E-state index is 0.0450. The van der Waals surface area contributed by atoms with Gasteiger partial charge in [0.05, 0.1) is 5.92 Å². The van der Waals surface area contributed by atoms with E-state index in [9.17, 15) is 9.59 Å². The van der Waals surface area contributed by atoms with Gasteiger partial charge in [-0.15, -0.1) is 0 Å². The fourth-order valence-electron chi connectivity index (χ4n) is 3.13. The number of nitrogens with one attached hydrogen (secondary N) is 1. The number of benzene rings is 2. The van der Waals surface area contributed by atoms with Crippen molar-refractivity contribution in [1.29, 1.82) is 0 Å². The summed E-state index contributed by atoms with van der Waals surface area (Å²) in [6.45, 7) is 2.12. The molecule has 1 N–H and O–H groups in total. The lowest BCUT2D eigenvalue weighted by Crippen LogP contribution is -2.28. The summed E-state index contributed by atoms with van der Waals surface area (Å²) in [5, 5.41) is 6.66. The Labute approximate surface area is 156 Å². The number of hydrogen-bond donors (Lipinski definition) is 1. The molecule has 2 heterocycles. The molecule has 136 valence electrons. The van der Waals surface area contributed by atoms with E-state index in [1.807, 2.05) is 36.4 Å². The van der Waals surface area contributed by atoms with Crippen molar-refractivity contribution in [3.63, 3.8) is 0 Å². The van der Waals surface area contributed by atoms with Crippen LogP contribution in [0.4, 0.5) is 11.4 Å². The number of rotatable bonds is 4. The van der Waals surface area contributed by atoms with E-state index < -0.39 is 5.92 Å². The summed E-state index contributed by atoms with van der Waals surface area (Å²) >= 11 is 0. The SMILES string of the molecule is Cc1noc(-c2cccc(NC(=O)[C@H]3CC(=O)N(c4ccccc4)C3)c2)n1. The van der Waals surface area contributed by atoms with Gasteiger partial charge in [0.25, 0.3) is 5.89 Å². The molecular formula is C20H18N4O3. The van der Waals surface area contributed by atoms with Crippen molar-refractivity contribution < 1.29 is 14.1 Å². The number of aromatic nitrogens is 2. The lowest BCUT2D eigenvalue weighted by atomic mass is 10.1. The number of aryl methyl sites for hydroxylation is 1. The van der Waals surface area contributed by atoms with Crippen molar-refractivity contribution in [2.75, 3.05) is 16.8 Å². The highest BCUT2D eigenvalue weighted by Crippen LogP contribution is 2.26. The monoisotopic (exact) mass is 362 g/mol. The second kappa shape index (κ2) is 7.03. The first kappa shape index (κ1) is 17.0. The number of anilines is 2. The van der Waals surface area contributed by atoms with E-state index in [1.54, 1.807) is 30.0 Å². The molecule has 27 heavy (non-hydrogen) atoms. The van der Waals surface area contributed by atoms with Crippen LogP contribution in [-0.4, -0.2) is 28.5 Å². The van der Waals surface area contributed by atoms with Crippen LogP contribution < -0.4 is 10.2 Å². The third kappa shape index (κ3) is 3.57. The molecule has 1 aromatic heterocycles. The van der Waals surface area contributed by atoms with Gasteiger partial charge in [-0.1, -0.05) is 29.4 Å². The number of carbonyl (C=O) groups is 2. The highest BCUT2D eigenvalue weighted by Gasteiger charge is 2.35. The molecule has 1 atom stereocenters. The van der Waals surface area contributed by atoms with Gasteiger partial charge in [-0.25, -0.2) is 0 Å². The van der Waals surface area contributed by atoms with Crippen molar-refractivity contribution in [3.8, 4) is 11.5 Å². The first-order valence-electron chi connectivity index (χ1n) is 8.67. The van der Waals surface area contributed by atoms with E-state index in [-0.39, 0.29) is 18.2 Å². The molecule has 2 aromatic carbocycles.